The van der Waals surface area contributed by atoms with Gasteiger partial charge in [0, 0.05) is 6.04 Å². The molecule has 0 spiro atoms. The van der Waals surface area contributed by atoms with E-state index in [1.54, 1.807) is 33.8 Å². The summed E-state index contributed by atoms with van der Waals surface area (Å²) in [6, 6.07) is 2.00. The van der Waals surface area contributed by atoms with Crippen molar-refractivity contribution in [2.24, 2.45) is 0 Å². The molecule has 0 atom stereocenters. The Labute approximate surface area is 128 Å². The van der Waals surface area contributed by atoms with Crippen molar-refractivity contribution in [3.63, 3.8) is 0 Å². The third kappa shape index (κ3) is 3.93. The van der Waals surface area contributed by atoms with Crippen molar-refractivity contribution in [1.29, 1.82) is 0 Å². The molecule has 0 radical (unpaired) electrons. The zero-order valence-electron chi connectivity index (χ0n) is 12.3. The van der Waals surface area contributed by atoms with Crippen LogP contribution in [0.25, 0.3) is 0 Å². The van der Waals surface area contributed by atoms with Crippen LogP contribution in [0.2, 0.25) is 0 Å². The molecular weight excluding hydrogens is 358 g/mol. The Bertz CT molecular complexity index is 441. The average Bonchev–Trinajstić information content (AvgIpc) is 2.57. The van der Waals surface area contributed by atoms with Crippen molar-refractivity contribution >= 4 is 35.3 Å². The molecule has 0 unspecified atom stereocenters. The molecule has 0 bridgehead atoms. The molecule has 7 heteroatoms. The second-order valence-corrected chi connectivity index (χ2v) is 7.08. The molecule has 1 rings (SSSR count). The highest BCUT2D eigenvalue weighted by molar-refractivity contribution is 14.1. The number of aromatic nitrogens is 2. The van der Waals surface area contributed by atoms with Crippen LogP contribution in [0.4, 0.5) is 0 Å². The first-order valence-corrected chi connectivity index (χ1v) is 7.37. The van der Waals surface area contributed by atoms with Crippen molar-refractivity contribution < 1.29 is 14.8 Å². The fourth-order valence-corrected chi connectivity index (χ4v) is 2.34. The topological polar surface area (TPSA) is 67.5 Å². The minimum absolute atomic E-state index is 0.218. The first-order chi connectivity index (χ1) is 8.45. The van der Waals surface area contributed by atoms with Gasteiger partial charge in [0.1, 0.15) is 0 Å². The molecule has 0 saturated heterocycles. The standard InChI is InChI=1S/C12H22BIN2O3/c1-8(2)16-10(14)7-9(15-16)13(18)19-12(5,6)11(3,4)17/h7-8,17-18H,1-6H3. The number of rotatable bonds is 5. The van der Waals surface area contributed by atoms with Crippen LogP contribution in [0.1, 0.15) is 47.6 Å². The molecule has 0 fully saturated rings. The lowest BCUT2D eigenvalue weighted by Gasteiger charge is -2.38. The Hall–Kier alpha value is -0.115. The predicted molar refractivity (Wildman–Crippen MR) is 84.4 cm³/mol. The lowest BCUT2D eigenvalue weighted by Crippen LogP contribution is -2.53. The molecule has 0 aliphatic heterocycles. The molecular formula is C12H22BIN2O3. The van der Waals surface area contributed by atoms with Crippen LogP contribution in [-0.4, -0.2) is 38.2 Å². The Kier molecular flexibility index (Phi) is 5.09. The summed E-state index contributed by atoms with van der Waals surface area (Å²) in [7, 11) is -1.16. The second kappa shape index (κ2) is 5.71. The fourth-order valence-electron chi connectivity index (χ4n) is 1.36. The summed E-state index contributed by atoms with van der Waals surface area (Å²) < 4.78 is 8.32. The summed E-state index contributed by atoms with van der Waals surface area (Å²) in [6.45, 7) is 10.8. The minimum atomic E-state index is -1.16. The van der Waals surface area contributed by atoms with Gasteiger partial charge in [0.25, 0.3) is 0 Å². The Morgan fingerprint density at radius 3 is 2.26 bits per heavy atom. The van der Waals surface area contributed by atoms with E-state index in [4.69, 9.17) is 4.65 Å². The maximum atomic E-state index is 10.1. The second-order valence-electron chi connectivity index (χ2n) is 5.97. The largest absolute Gasteiger partial charge is 0.513 e. The first kappa shape index (κ1) is 16.9. The van der Waals surface area contributed by atoms with E-state index in [1.807, 2.05) is 18.5 Å². The van der Waals surface area contributed by atoms with E-state index >= 15 is 0 Å². The predicted octanol–water partition coefficient (Wildman–Crippen LogP) is 1.32. The summed E-state index contributed by atoms with van der Waals surface area (Å²) in [5, 5.41) is 24.5. The number of hydrogen-bond acceptors (Lipinski definition) is 4. The molecule has 0 aromatic carbocycles. The Morgan fingerprint density at radius 2 is 1.89 bits per heavy atom. The van der Waals surface area contributed by atoms with Crippen molar-refractivity contribution in [2.75, 3.05) is 0 Å². The summed E-state index contributed by atoms with van der Waals surface area (Å²) in [5.41, 5.74) is -1.50. The van der Waals surface area contributed by atoms with Gasteiger partial charge in [0.15, 0.2) is 0 Å². The SMILES string of the molecule is CC(C)n1nc(B(O)OC(C)(C)C(C)(C)O)cc1I. The van der Waals surface area contributed by atoms with E-state index in [2.05, 4.69) is 27.7 Å². The summed E-state index contributed by atoms with van der Waals surface area (Å²) >= 11 is 2.17. The molecule has 0 aliphatic carbocycles. The van der Waals surface area contributed by atoms with Crippen LogP contribution >= 0.6 is 22.6 Å². The normalized spacial score (nSPS) is 13.2. The van der Waals surface area contributed by atoms with Gasteiger partial charge in [-0.3, -0.25) is 4.68 Å². The van der Waals surface area contributed by atoms with Gasteiger partial charge in [0.05, 0.1) is 20.5 Å². The van der Waals surface area contributed by atoms with Crippen molar-refractivity contribution in [1.82, 2.24) is 9.78 Å². The highest BCUT2D eigenvalue weighted by atomic mass is 127. The van der Waals surface area contributed by atoms with Crippen LogP contribution < -0.4 is 5.59 Å². The van der Waals surface area contributed by atoms with Crippen LogP contribution in [-0.2, 0) is 4.65 Å². The summed E-state index contributed by atoms with van der Waals surface area (Å²) in [6.07, 6.45) is 0. The third-order valence-electron chi connectivity index (χ3n) is 3.33. The van der Waals surface area contributed by atoms with Gasteiger partial charge in [-0.05, 0) is 70.2 Å². The van der Waals surface area contributed by atoms with Crippen LogP contribution in [0.3, 0.4) is 0 Å². The quantitative estimate of drug-likeness (QED) is 0.598. The maximum Gasteiger partial charge on any atom is 0.513 e. The maximum absolute atomic E-state index is 10.1. The molecule has 108 valence electrons. The highest BCUT2D eigenvalue weighted by Crippen LogP contribution is 2.25. The zero-order chi connectivity index (χ0) is 15.0. The van der Waals surface area contributed by atoms with E-state index in [9.17, 15) is 10.1 Å². The summed E-state index contributed by atoms with van der Waals surface area (Å²) in [4.78, 5) is 0. The minimum Gasteiger partial charge on any atom is -0.422 e. The van der Waals surface area contributed by atoms with Crippen molar-refractivity contribution in [2.45, 2.75) is 58.8 Å². The molecule has 1 aromatic heterocycles. The molecule has 2 N–H and O–H groups in total. The van der Waals surface area contributed by atoms with E-state index in [0.29, 0.717) is 5.59 Å². The third-order valence-corrected chi connectivity index (χ3v) is 4.14. The molecule has 5 nitrogen and oxygen atoms in total. The van der Waals surface area contributed by atoms with E-state index < -0.39 is 18.3 Å². The van der Waals surface area contributed by atoms with E-state index in [1.165, 1.54) is 0 Å². The van der Waals surface area contributed by atoms with Crippen LogP contribution in [0, 0.1) is 3.70 Å². The van der Waals surface area contributed by atoms with Crippen LogP contribution in [0.5, 0.6) is 0 Å². The number of aliphatic hydroxyl groups is 1. The van der Waals surface area contributed by atoms with Gasteiger partial charge in [-0.15, -0.1) is 0 Å². The average molecular weight is 380 g/mol. The number of hydrogen-bond donors (Lipinski definition) is 2. The van der Waals surface area contributed by atoms with Crippen molar-refractivity contribution in [3.05, 3.63) is 9.77 Å². The van der Waals surface area contributed by atoms with Gasteiger partial charge >= 0.3 is 7.12 Å². The number of halogens is 1. The molecule has 0 amide bonds. The number of nitrogens with zero attached hydrogens (tertiary/aromatic N) is 2. The molecule has 0 aliphatic rings. The van der Waals surface area contributed by atoms with E-state index in [-0.39, 0.29) is 6.04 Å². The molecule has 0 saturated carbocycles. The van der Waals surface area contributed by atoms with Crippen LogP contribution in [0.15, 0.2) is 6.07 Å². The van der Waals surface area contributed by atoms with E-state index in [0.717, 1.165) is 3.70 Å². The fraction of sp³-hybridized carbons (Fsp3) is 0.750. The lowest BCUT2D eigenvalue weighted by molar-refractivity contribution is -0.0983. The smallest absolute Gasteiger partial charge is 0.422 e. The van der Waals surface area contributed by atoms with Gasteiger partial charge in [-0.1, -0.05) is 0 Å². The molecule has 1 aromatic rings. The molecule has 1 heterocycles. The van der Waals surface area contributed by atoms with Gasteiger partial charge in [-0.25, -0.2) is 0 Å². The molecule has 19 heavy (non-hydrogen) atoms. The summed E-state index contributed by atoms with van der Waals surface area (Å²) in [5.74, 6) is 0. The van der Waals surface area contributed by atoms with Crippen molar-refractivity contribution in [3.8, 4) is 0 Å². The first-order valence-electron chi connectivity index (χ1n) is 6.29. The lowest BCUT2D eigenvalue weighted by atomic mass is 9.80. The van der Waals surface area contributed by atoms with Gasteiger partial charge < -0.3 is 14.8 Å². The monoisotopic (exact) mass is 380 g/mol. The van der Waals surface area contributed by atoms with Gasteiger partial charge in [0.2, 0.25) is 0 Å². The Morgan fingerprint density at radius 1 is 1.37 bits per heavy atom. The zero-order valence-corrected chi connectivity index (χ0v) is 14.5. The highest BCUT2D eigenvalue weighted by Gasteiger charge is 2.40. The Balaban J connectivity index is 2.90. The van der Waals surface area contributed by atoms with Gasteiger partial charge in [-0.2, -0.15) is 5.10 Å².